The highest BCUT2D eigenvalue weighted by atomic mass is 19.1. The Hall–Kier alpha value is -1.16. The smallest absolute Gasteiger partial charge is 0.164 e. The van der Waals surface area contributed by atoms with Gasteiger partial charge in [-0.25, -0.2) is 4.39 Å². The molecule has 3 nitrogen and oxygen atoms in total. The van der Waals surface area contributed by atoms with Gasteiger partial charge in [-0.2, -0.15) is 0 Å². The zero-order valence-electron chi connectivity index (χ0n) is 10.9. The van der Waals surface area contributed by atoms with E-state index in [0.29, 0.717) is 5.41 Å². The van der Waals surface area contributed by atoms with Crippen LogP contribution in [0.25, 0.3) is 0 Å². The number of hydrogen-bond acceptors (Lipinski definition) is 3. The Kier molecular flexibility index (Phi) is 2.98. The molecule has 2 aliphatic rings. The van der Waals surface area contributed by atoms with Gasteiger partial charge in [0.25, 0.3) is 0 Å². The van der Waals surface area contributed by atoms with E-state index in [9.17, 15) is 4.39 Å². The van der Waals surface area contributed by atoms with E-state index in [4.69, 9.17) is 0 Å². The predicted octanol–water partition coefficient (Wildman–Crippen LogP) is 2.14. The van der Waals surface area contributed by atoms with Crippen LogP contribution in [0.2, 0.25) is 0 Å². The first-order valence-corrected chi connectivity index (χ1v) is 6.72. The molecule has 2 aliphatic heterocycles. The quantitative estimate of drug-likeness (QED) is 0.760. The maximum atomic E-state index is 13.8. The third-order valence-electron chi connectivity index (χ3n) is 4.38. The van der Waals surface area contributed by atoms with Crippen LogP contribution in [0, 0.1) is 11.2 Å². The molecule has 1 spiro atoms. The molecule has 2 saturated heterocycles. The molecule has 4 heteroatoms. The SMILES string of the molecule is CN1CC[C@@]2(CCCN(c3ccncc3F)C2)C1. The molecule has 0 radical (unpaired) electrons. The summed E-state index contributed by atoms with van der Waals surface area (Å²) in [6, 6.07) is 1.80. The van der Waals surface area contributed by atoms with Crippen LogP contribution in [0.15, 0.2) is 18.5 Å². The lowest BCUT2D eigenvalue weighted by molar-refractivity contribution is 0.233. The third-order valence-corrected chi connectivity index (χ3v) is 4.38. The zero-order valence-corrected chi connectivity index (χ0v) is 10.9. The molecule has 2 fully saturated rings. The van der Waals surface area contributed by atoms with Gasteiger partial charge >= 0.3 is 0 Å². The topological polar surface area (TPSA) is 19.4 Å². The lowest BCUT2D eigenvalue weighted by Gasteiger charge is -2.41. The Bertz CT molecular complexity index is 433. The minimum absolute atomic E-state index is 0.194. The van der Waals surface area contributed by atoms with E-state index in [1.54, 1.807) is 12.3 Å². The molecular formula is C14H20FN3. The summed E-state index contributed by atoms with van der Waals surface area (Å²) in [5, 5.41) is 0. The summed E-state index contributed by atoms with van der Waals surface area (Å²) in [4.78, 5) is 8.43. The minimum atomic E-state index is -0.194. The second-order valence-electron chi connectivity index (χ2n) is 5.84. The molecule has 1 atom stereocenters. The molecule has 1 aromatic heterocycles. The van der Waals surface area contributed by atoms with E-state index < -0.39 is 0 Å². The highest BCUT2D eigenvalue weighted by Gasteiger charge is 2.40. The lowest BCUT2D eigenvalue weighted by atomic mass is 9.79. The number of piperidine rings is 1. The number of likely N-dealkylation sites (tertiary alicyclic amines) is 1. The van der Waals surface area contributed by atoms with Crippen molar-refractivity contribution < 1.29 is 4.39 Å². The van der Waals surface area contributed by atoms with Crippen LogP contribution in [0.4, 0.5) is 10.1 Å². The average molecular weight is 249 g/mol. The van der Waals surface area contributed by atoms with E-state index in [1.165, 1.54) is 25.6 Å². The largest absolute Gasteiger partial charge is 0.368 e. The summed E-state index contributed by atoms with van der Waals surface area (Å²) < 4.78 is 13.8. The first kappa shape index (κ1) is 11.9. The van der Waals surface area contributed by atoms with Gasteiger partial charge in [0.15, 0.2) is 5.82 Å². The van der Waals surface area contributed by atoms with Gasteiger partial charge in [-0.05, 0) is 38.9 Å². The van der Waals surface area contributed by atoms with E-state index in [1.807, 2.05) is 0 Å². The predicted molar refractivity (Wildman–Crippen MR) is 70.2 cm³/mol. The third kappa shape index (κ3) is 2.09. The van der Waals surface area contributed by atoms with Crippen LogP contribution in [0.5, 0.6) is 0 Å². The van der Waals surface area contributed by atoms with Gasteiger partial charge in [-0.15, -0.1) is 0 Å². The van der Waals surface area contributed by atoms with E-state index in [2.05, 4.69) is 21.8 Å². The van der Waals surface area contributed by atoms with Crippen molar-refractivity contribution in [2.75, 3.05) is 38.1 Å². The Morgan fingerprint density at radius 1 is 1.28 bits per heavy atom. The molecule has 0 bridgehead atoms. The summed E-state index contributed by atoms with van der Waals surface area (Å²) in [6.45, 7) is 4.27. The van der Waals surface area contributed by atoms with Crippen LogP contribution in [-0.2, 0) is 0 Å². The van der Waals surface area contributed by atoms with Gasteiger partial charge < -0.3 is 9.80 Å². The fraction of sp³-hybridized carbons (Fsp3) is 0.643. The normalized spacial score (nSPS) is 29.1. The zero-order chi connectivity index (χ0) is 12.6. The van der Waals surface area contributed by atoms with Crippen LogP contribution in [0.1, 0.15) is 19.3 Å². The second-order valence-corrected chi connectivity index (χ2v) is 5.84. The number of anilines is 1. The van der Waals surface area contributed by atoms with Crippen LogP contribution < -0.4 is 4.90 Å². The van der Waals surface area contributed by atoms with E-state index >= 15 is 0 Å². The molecule has 18 heavy (non-hydrogen) atoms. The van der Waals surface area contributed by atoms with Crippen LogP contribution in [0.3, 0.4) is 0 Å². The number of aromatic nitrogens is 1. The van der Waals surface area contributed by atoms with Crippen LogP contribution in [-0.4, -0.2) is 43.1 Å². The van der Waals surface area contributed by atoms with Crippen LogP contribution >= 0.6 is 0 Å². The molecule has 3 rings (SSSR count). The van der Waals surface area contributed by atoms with Gasteiger partial charge in [0.2, 0.25) is 0 Å². The van der Waals surface area contributed by atoms with Gasteiger partial charge in [0.05, 0.1) is 11.9 Å². The summed E-state index contributed by atoms with van der Waals surface area (Å²) >= 11 is 0. The second kappa shape index (κ2) is 4.50. The number of nitrogens with zero attached hydrogens (tertiary/aromatic N) is 3. The first-order valence-electron chi connectivity index (χ1n) is 6.72. The molecule has 0 amide bonds. The van der Waals surface area contributed by atoms with Crippen molar-refractivity contribution in [3.63, 3.8) is 0 Å². The molecule has 3 heterocycles. The molecule has 0 N–H and O–H groups in total. The number of halogens is 1. The monoisotopic (exact) mass is 249 g/mol. The van der Waals surface area contributed by atoms with Crippen molar-refractivity contribution in [2.24, 2.45) is 5.41 Å². The average Bonchev–Trinajstić information content (AvgIpc) is 2.71. The Morgan fingerprint density at radius 2 is 2.17 bits per heavy atom. The van der Waals surface area contributed by atoms with Gasteiger partial charge in [-0.3, -0.25) is 4.98 Å². The maximum Gasteiger partial charge on any atom is 0.164 e. The van der Waals surface area contributed by atoms with Crippen molar-refractivity contribution in [1.82, 2.24) is 9.88 Å². The maximum absolute atomic E-state index is 13.8. The first-order chi connectivity index (χ1) is 8.69. The van der Waals surface area contributed by atoms with Gasteiger partial charge in [0, 0.05) is 31.2 Å². The molecular weight excluding hydrogens is 229 g/mol. The summed E-state index contributed by atoms with van der Waals surface area (Å²) in [7, 11) is 2.18. The highest BCUT2D eigenvalue weighted by Crippen LogP contribution is 2.39. The fourth-order valence-electron chi connectivity index (χ4n) is 3.53. The highest BCUT2D eigenvalue weighted by molar-refractivity contribution is 5.47. The molecule has 0 aliphatic carbocycles. The van der Waals surface area contributed by atoms with Gasteiger partial charge in [-0.1, -0.05) is 0 Å². The van der Waals surface area contributed by atoms with E-state index in [-0.39, 0.29) is 5.82 Å². The summed E-state index contributed by atoms with van der Waals surface area (Å²) in [6.07, 6.45) is 6.68. The van der Waals surface area contributed by atoms with E-state index in [0.717, 1.165) is 31.7 Å². The standard InChI is InChI=1S/C14H20FN3/c1-17-8-5-14(10-17)4-2-7-18(11-14)13-3-6-16-9-12(13)15/h3,6,9H,2,4-5,7-8,10-11H2,1H3/t14-/m0/s1. The number of hydrogen-bond donors (Lipinski definition) is 0. The Labute approximate surface area is 108 Å². The number of rotatable bonds is 1. The number of pyridine rings is 1. The van der Waals surface area contributed by atoms with Crippen molar-refractivity contribution in [3.05, 3.63) is 24.3 Å². The van der Waals surface area contributed by atoms with Gasteiger partial charge in [0.1, 0.15) is 0 Å². The minimum Gasteiger partial charge on any atom is -0.368 e. The fourth-order valence-corrected chi connectivity index (χ4v) is 3.53. The Balaban J connectivity index is 1.81. The summed E-state index contributed by atoms with van der Waals surface area (Å²) in [5.41, 5.74) is 1.10. The molecule has 0 saturated carbocycles. The Morgan fingerprint density at radius 3 is 2.89 bits per heavy atom. The lowest BCUT2D eigenvalue weighted by Crippen LogP contribution is -2.45. The van der Waals surface area contributed by atoms with Crippen molar-refractivity contribution in [3.8, 4) is 0 Å². The molecule has 98 valence electrons. The molecule has 0 aromatic carbocycles. The molecule has 1 aromatic rings. The van der Waals surface area contributed by atoms with Crippen molar-refractivity contribution in [2.45, 2.75) is 19.3 Å². The van der Waals surface area contributed by atoms with Crippen molar-refractivity contribution in [1.29, 1.82) is 0 Å². The molecule has 0 unspecified atom stereocenters. The summed E-state index contributed by atoms with van der Waals surface area (Å²) in [5.74, 6) is -0.194. The van der Waals surface area contributed by atoms with Crippen molar-refractivity contribution >= 4 is 5.69 Å².